The zero-order valence-corrected chi connectivity index (χ0v) is 17.8. The van der Waals surface area contributed by atoms with E-state index >= 15 is 0 Å². The maximum atomic E-state index is 10.5. The van der Waals surface area contributed by atoms with Crippen LogP contribution in [0.2, 0.25) is 0 Å². The maximum absolute atomic E-state index is 10.5. The molecule has 6 heteroatoms. The minimum Gasteiger partial charge on any atom is -0.497 e. The number of nitrogens with zero attached hydrogens (tertiary/aromatic N) is 1. The number of rotatable bonds is 6. The standard InChI is InChI=1S/C25H27N3O3/c1-16(29)25(31-24-5-3-4-22-19(24)8-11-26-22)28-12-9-17(10-13-28)21-15-27-23-7-6-18(30-2)14-20(21)23/h3-9,11,14-16,25-27,29H,10,12-13H2,1-2H3. The van der Waals surface area contributed by atoms with Crippen LogP contribution in [-0.2, 0) is 0 Å². The number of hydrogen-bond acceptors (Lipinski definition) is 4. The Bertz CT molecular complexity index is 1240. The number of aliphatic hydroxyl groups excluding tert-OH is 1. The molecule has 0 saturated carbocycles. The summed E-state index contributed by atoms with van der Waals surface area (Å²) in [5, 5.41) is 12.7. The minimum absolute atomic E-state index is 0.415. The predicted molar refractivity (Wildman–Crippen MR) is 123 cm³/mol. The number of aliphatic hydroxyl groups is 1. The lowest BCUT2D eigenvalue weighted by atomic mass is 9.98. The van der Waals surface area contributed by atoms with Gasteiger partial charge in [-0.2, -0.15) is 0 Å². The Hall–Kier alpha value is -3.22. The molecule has 0 amide bonds. The third kappa shape index (κ3) is 3.69. The van der Waals surface area contributed by atoms with Crippen LogP contribution in [0.15, 0.2) is 60.9 Å². The summed E-state index contributed by atoms with van der Waals surface area (Å²) in [6.45, 7) is 3.30. The Morgan fingerprint density at radius 3 is 2.71 bits per heavy atom. The number of fused-ring (bicyclic) bond motifs is 2. The Labute approximate surface area is 181 Å². The maximum Gasteiger partial charge on any atom is 0.178 e. The number of ether oxygens (including phenoxy) is 2. The topological polar surface area (TPSA) is 73.5 Å². The molecule has 0 bridgehead atoms. The molecule has 1 aliphatic rings. The van der Waals surface area contributed by atoms with E-state index in [2.05, 4.69) is 33.2 Å². The lowest BCUT2D eigenvalue weighted by Gasteiger charge is -2.35. The molecule has 0 fully saturated rings. The first-order valence-electron chi connectivity index (χ1n) is 10.6. The van der Waals surface area contributed by atoms with Crippen molar-refractivity contribution in [1.82, 2.24) is 14.9 Å². The van der Waals surface area contributed by atoms with Crippen molar-refractivity contribution in [3.8, 4) is 11.5 Å². The van der Waals surface area contributed by atoms with Gasteiger partial charge in [-0.3, -0.25) is 4.90 Å². The molecule has 2 unspecified atom stereocenters. The van der Waals surface area contributed by atoms with Gasteiger partial charge >= 0.3 is 0 Å². The average Bonchev–Trinajstić information content (AvgIpc) is 3.44. The van der Waals surface area contributed by atoms with E-state index in [-0.39, 0.29) is 0 Å². The third-order valence-electron chi connectivity index (χ3n) is 6.05. The Kier molecular flexibility index (Phi) is 5.18. The molecular weight excluding hydrogens is 390 g/mol. The molecule has 0 radical (unpaired) electrons. The van der Waals surface area contributed by atoms with Crippen molar-refractivity contribution in [2.24, 2.45) is 0 Å². The molecule has 6 nitrogen and oxygen atoms in total. The number of aromatic nitrogens is 2. The fourth-order valence-corrected chi connectivity index (χ4v) is 4.42. The van der Waals surface area contributed by atoms with E-state index in [9.17, 15) is 5.11 Å². The molecule has 0 saturated heterocycles. The molecule has 160 valence electrons. The summed E-state index contributed by atoms with van der Waals surface area (Å²) in [6.07, 6.45) is 6.05. The summed E-state index contributed by atoms with van der Waals surface area (Å²) >= 11 is 0. The van der Waals surface area contributed by atoms with Gasteiger partial charge in [-0.15, -0.1) is 0 Å². The summed E-state index contributed by atoms with van der Waals surface area (Å²) in [4.78, 5) is 8.76. The fourth-order valence-electron chi connectivity index (χ4n) is 4.42. The lowest BCUT2D eigenvalue weighted by molar-refractivity contribution is -0.0528. The monoisotopic (exact) mass is 417 g/mol. The molecule has 0 spiro atoms. The van der Waals surface area contributed by atoms with Crippen molar-refractivity contribution in [2.45, 2.75) is 25.7 Å². The van der Waals surface area contributed by atoms with E-state index in [4.69, 9.17) is 9.47 Å². The van der Waals surface area contributed by atoms with Crippen molar-refractivity contribution in [3.63, 3.8) is 0 Å². The second-order valence-electron chi connectivity index (χ2n) is 8.03. The van der Waals surface area contributed by atoms with Crippen LogP contribution in [-0.4, -0.2) is 52.5 Å². The first-order chi connectivity index (χ1) is 15.1. The first-order valence-corrected chi connectivity index (χ1v) is 10.6. The molecule has 3 N–H and O–H groups in total. The van der Waals surface area contributed by atoms with Gasteiger partial charge in [0, 0.05) is 52.9 Å². The second kappa shape index (κ2) is 8.13. The second-order valence-corrected chi connectivity index (χ2v) is 8.03. The van der Waals surface area contributed by atoms with E-state index in [1.165, 1.54) is 16.5 Å². The van der Waals surface area contributed by atoms with Crippen LogP contribution in [0.4, 0.5) is 0 Å². The van der Waals surface area contributed by atoms with Crippen LogP contribution < -0.4 is 9.47 Å². The van der Waals surface area contributed by atoms with Gasteiger partial charge in [0.15, 0.2) is 6.23 Å². The van der Waals surface area contributed by atoms with Crippen molar-refractivity contribution in [2.75, 3.05) is 20.2 Å². The zero-order valence-electron chi connectivity index (χ0n) is 17.8. The smallest absolute Gasteiger partial charge is 0.178 e. The van der Waals surface area contributed by atoms with Gasteiger partial charge in [0.2, 0.25) is 0 Å². The summed E-state index contributed by atoms with van der Waals surface area (Å²) < 4.78 is 11.7. The zero-order chi connectivity index (χ0) is 21.4. The van der Waals surface area contributed by atoms with Crippen LogP contribution in [0.25, 0.3) is 27.4 Å². The van der Waals surface area contributed by atoms with Gasteiger partial charge < -0.3 is 24.5 Å². The third-order valence-corrected chi connectivity index (χ3v) is 6.05. The van der Waals surface area contributed by atoms with E-state index < -0.39 is 12.3 Å². The quantitative estimate of drug-likeness (QED) is 0.431. The SMILES string of the molecule is COc1ccc2[nH]cc(C3=CCN(C(Oc4cccc5[nH]ccc45)C(C)O)CC3)c2c1. The van der Waals surface area contributed by atoms with Gasteiger partial charge in [0.05, 0.1) is 7.11 Å². The lowest BCUT2D eigenvalue weighted by Crippen LogP contribution is -2.48. The molecular formula is C25H27N3O3. The molecule has 0 aliphatic carbocycles. The molecule has 31 heavy (non-hydrogen) atoms. The van der Waals surface area contributed by atoms with Crippen molar-refractivity contribution in [1.29, 1.82) is 0 Å². The molecule has 1 aliphatic heterocycles. The van der Waals surface area contributed by atoms with Gasteiger partial charge in [-0.1, -0.05) is 12.1 Å². The highest BCUT2D eigenvalue weighted by atomic mass is 16.5. The normalized spacial score (nSPS) is 16.9. The van der Waals surface area contributed by atoms with Crippen LogP contribution >= 0.6 is 0 Å². The highest BCUT2D eigenvalue weighted by Crippen LogP contribution is 2.33. The summed E-state index contributed by atoms with van der Waals surface area (Å²) in [5.41, 5.74) is 4.63. The van der Waals surface area contributed by atoms with Crippen molar-refractivity contribution >= 4 is 27.4 Å². The largest absolute Gasteiger partial charge is 0.497 e. The molecule has 5 rings (SSSR count). The number of aromatic amines is 2. The Morgan fingerprint density at radius 2 is 1.94 bits per heavy atom. The van der Waals surface area contributed by atoms with Crippen LogP contribution in [0.5, 0.6) is 11.5 Å². The van der Waals surface area contributed by atoms with E-state index in [1.54, 1.807) is 14.0 Å². The fraction of sp³-hybridized carbons (Fsp3) is 0.280. The minimum atomic E-state index is -0.624. The van der Waals surface area contributed by atoms with Crippen LogP contribution in [0.1, 0.15) is 18.9 Å². The molecule has 2 aromatic carbocycles. The molecule has 3 heterocycles. The van der Waals surface area contributed by atoms with Gasteiger partial charge in [0.25, 0.3) is 0 Å². The van der Waals surface area contributed by atoms with Crippen molar-refractivity contribution in [3.05, 3.63) is 66.5 Å². The molecule has 2 atom stereocenters. The van der Waals surface area contributed by atoms with Crippen LogP contribution in [0, 0.1) is 0 Å². The van der Waals surface area contributed by atoms with E-state index in [0.29, 0.717) is 6.54 Å². The Morgan fingerprint density at radius 1 is 1.06 bits per heavy atom. The van der Waals surface area contributed by atoms with Gasteiger partial charge in [0.1, 0.15) is 17.6 Å². The number of benzene rings is 2. The number of hydrogen-bond donors (Lipinski definition) is 3. The van der Waals surface area contributed by atoms with E-state index in [1.807, 2.05) is 42.6 Å². The van der Waals surface area contributed by atoms with Crippen LogP contribution in [0.3, 0.4) is 0 Å². The van der Waals surface area contributed by atoms with Gasteiger partial charge in [-0.25, -0.2) is 0 Å². The summed E-state index contributed by atoms with van der Waals surface area (Å²) in [7, 11) is 1.69. The highest BCUT2D eigenvalue weighted by Gasteiger charge is 2.28. The predicted octanol–water partition coefficient (Wildman–Crippen LogP) is 4.53. The van der Waals surface area contributed by atoms with Gasteiger partial charge in [-0.05, 0) is 55.3 Å². The number of nitrogens with one attached hydrogen (secondary N) is 2. The molecule has 4 aromatic rings. The number of methoxy groups -OCH3 is 1. The van der Waals surface area contributed by atoms with Crippen molar-refractivity contribution < 1.29 is 14.6 Å². The molecule has 2 aromatic heterocycles. The average molecular weight is 418 g/mol. The van der Waals surface area contributed by atoms with E-state index in [0.717, 1.165) is 40.9 Å². The highest BCUT2D eigenvalue weighted by molar-refractivity contribution is 5.93. The summed E-state index contributed by atoms with van der Waals surface area (Å²) in [6, 6.07) is 14.0. The Balaban J connectivity index is 1.38. The summed E-state index contributed by atoms with van der Waals surface area (Å²) in [5.74, 6) is 1.64. The number of H-pyrrole nitrogens is 2. The first kappa shape index (κ1) is 19.7.